The van der Waals surface area contributed by atoms with Crippen molar-refractivity contribution >= 4 is 68.4 Å². The summed E-state index contributed by atoms with van der Waals surface area (Å²) in [4.78, 5) is 30.9. The maximum Gasteiger partial charge on any atom is 0.274 e. The number of aromatic nitrogens is 3. The summed E-state index contributed by atoms with van der Waals surface area (Å²) in [5, 5.41) is 10.8. The van der Waals surface area contributed by atoms with Crippen molar-refractivity contribution in [2.75, 3.05) is 30.0 Å². The normalized spacial score (nSPS) is 17.3. The highest BCUT2D eigenvalue weighted by molar-refractivity contribution is 9.10. The van der Waals surface area contributed by atoms with Crippen LogP contribution in [0.3, 0.4) is 0 Å². The zero-order chi connectivity index (χ0) is 25.9. The number of pyridine rings is 1. The van der Waals surface area contributed by atoms with Crippen LogP contribution in [-0.2, 0) is 4.74 Å². The molecule has 1 atom stereocenters. The van der Waals surface area contributed by atoms with Gasteiger partial charge in [-0.05, 0) is 53.0 Å². The summed E-state index contributed by atoms with van der Waals surface area (Å²) in [6.45, 7) is 1.05. The standard InChI is InChI=1S/C24H22BrCl2N5O4S/c25-17-8-13(26)7-16(23(33)29-10-14-3-2-6-35-14)21(17)30-24(34)19-9-20(36-15-11-37-12-15)31-32(19)22-18(27)4-1-5-28-22/h1,4-5,7-9,14-15H,2-3,6,10-12H2,(H,29,33)(H,30,34)/t14-/m0/s1. The van der Waals surface area contributed by atoms with Gasteiger partial charge in [-0.3, -0.25) is 9.59 Å². The lowest BCUT2D eigenvalue weighted by molar-refractivity contribution is 0.0858. The molecule has 2 N–H and O–H groups in total. The van der Waals surface area contributed by atoms with Crippen LogP contribution in [0, 0.1) is 0 Å². The van der Waals surface area contributed by atoms with Crippen LogP contribution in [0.25, 0.3) is 5.82 Å². The molecule has 2 saturated heterocycles. The highest BCUT2D eigenvalue weighted by Crippen LogP contribution is 2.32. The van der Waals surface area contributed by atoms with Gasteiger partial charge in [-0.25, -0.2) is 9.67 Å². The number of nitrogens with one attached hydrogen (secondary N) is 2. The van der Waals surface area contributed by atoms with Crippen molar-refractivity contribution in [1.82, 2.24) is 20.1 Å². The highest BCUT2D eigenvalue weighted by atomic mass is 79.9. The van der Waals surface area contributed by atoms with Gasteiger partial charge in [0.15, 0.2) is 5.82 Å². The van der Waals surface area contributed by atoms with Crippen LogP contribution in [0.15, 0.2) is 41.0 Å². The van der Waals surface area contributed by atoms with Crippen molar-refractivity contribution in [3.63, 3.8) is 0 Å². The molecule has 2 amide bonds. The Morgan fingerprint density at radius 2 is 2.08 bits per heavy atom. The first-order valence-electron chi connectivity index (χ1n) is 11.5. The Hall–Kier alpha value is -2.31. The number of hydrogen-bond donors (Lipinski definition) is 2. The minimum absolute atomic E-state index is 0.0213. The molecule has 37 heavy (non-hydrogen) atoms. The molecule has 4 heterocycles. The maximum atomic E-state index is 13.6. The van der Waals surface area contributed by atoms with E-state index in [9.17, 15) is 9.59 Å². The molecule has 0 unspecified atom stereocenters. The number of halogens is 3. The minimum atomic E-state index is -0.539. The molecular weight excluding hydrogens is 605 g/mol. The first kappa shape index (κ1) is 26.3. The van der Waals surface area contributed by atoms with Gasteiger partial charge in [-0.2, -0.15) is 11.8 Å². The number of carbonyl (C=O) groups is 2. The van der Waals surface area contributed by atoms with E-state index in [1.54, 1.807) is 36.2 Å². The Morgan fingerprint density at radius 3 is 2.78 bits per heavy atom. The molecule has 0 saturated carbocycles. The monoisotopic (exact) mass is 625 g/mol. The highest BCUT2D eigenvalue weighted by Gasteiger charge is 2.27. The van der Waals surface area contributed by atoms with E-state index in [2.05, 4.69) is 36.6 Å². The number of benzene rings is 1. The van der Waals surface area contributed by atoms with E-state index in [0.717, 1.165) is 24.3 Å². The van der Waals surface area contributed by atoms with Gasteiger partial charge in [-0.1, -0.05) is 23.2 Å². The van der Waals surface area contributed by atoms with Crippen LogP contribution in [0.5, 0.6) is 5.88 Å². The SMILES string of the molecule is O=C(NC[C@@H]1CCCO1)c1cc(Cl)cc(Br)c1NC(=O)c1cc(OC2CSC2)nn1-c1ncccc1Cl. The van der Waals surface area contributed by atoms with E-state index in [4.69, 9.17) is 32.7 Å². The number of carbonyl (C=O) groups excluding carboxylic acids is 2. The molecule has 2 fully saturated rings. The number of nitrogens with zero attached hydrogens (tertiary/aromatic N) is 3. The summed E-state index contributed by atoms with van der Waals surface area (Å²) >= 11 is 17.8. The van der Waals surface area contributed by atoms with E-state index in [1.807, 2.05) is 0 Å². The summed E-state index contributed by atoms with van der Waals surface area (Å²) < 4.78 is 13.3. The summed E-state index contributed by atoms with van der Waals surface area (Å²) in [6, 6.07) is 7.98. The van der Waals surface area contributed by atoms with Gasteiger partial charge in [0.2, 0.25) is 5.88 Å². The van der Waals surface area contributed by atoms with Crippen LogP contribution in [0.1, 0.15) is 33.7 Å². The lowest BCUT2D eigenvalue weighted by Gasteiger charge is -2.24. The number of thioether (sulfide) groups is 1. The fourth-order valence-electron chi connectivity index (χ4n) is 3.89. The Labute approximate surface area is 235 Å². The van der Waals surface area contributed by atoms with E-state index in [1.165, 1.54) is 16.8 Å². The molecule has 5 rings (SSSR count). The molecule has 2 aliphatic rings. The molecule has 1 aromatic carbocycles. The Kier molecular flexibility index (Phi) is 8.25. The molecule has 0 spiro atoms. The van der Waals surface area contributed by atoms with Gasteiger partial charge in [-0.15, -0.1) is 5.10 Å². The Morgan fingerprint density at radius 1 is 1.24 bits per heavy atom. The van der Waals surface area contributed by atoms with Crippen molar-refractivity contribution in [3.8, 4) is 11.7 Å². The molecule has 2 aromatic heterocycles. The molecule has 0 radical (unpaired) electrons. The molecule has 9 nitrogen and oxygen atoms in total. The topological polar surface area (TPSA) is 107 Å². The number of hydrogen-bond acceptors (Lipinski definition) is 7. The van der Waals surface area contributed by atoms with Crippen molar-refractivity contribution in [3.05, 3.63) is 62.3 Å². The van der Waals surface area contributed by atoms with E-state index in [-0.39, 0.29) is 46.8 Å². The van der Waals surface area contributed by atoms with Gasteiger partial charge in [0, 0.05) is 46.4 Å². The fraction of sp³-hybridized carbons (Fsp3) is 0.333. The third-order valence-electron chi connectivity index (χ3n) is 5.81. The van der Waals surface area contributed by atoms with Crippen molar-refractivity contribution in [2.24, 2.45) is 0 Å². The van der Waals surface area contributed by atoms with Gasteiger partial charge < -0.3 is 20.1 Å². The number of amides is 2. The van der Waals surface area contributed by atoms with Crippen molar-refractivity contribution in [1.29, 1.82) is 0 Å². The average Bonchev–Trinajstić information content (AvgIpc) is 3.52. The predicted octanol–water partition coefficient (Wildman–Crippen LogP) is 4.99. The fourth-order valence-corrected chi connectivity index (χ4v) is 5.57. The summed E-state index contributed by atoms with van der Waals surface area (Å²) in [6.07, 6.45) is 3.39. The van der Waals surface area contributed by atoms with Gasteiger partial charge >= 0.3 is 0 Å². The maximum absolute atomic E-state index is 13.6. The van der Waals surface area contributed by atoms with Crippen molar-refractivity contribution < 1.29 is 19.1 Å². The zero-order valence-electron chi connectivity index (χ0n) is 19.4. The van der Waals surface area contributed by atoms with Crippen LogP contribution in [-0.4, -0.2) is 63.4 Å². The first-order chi connectivity index (χ1) is 17.9. The molecule has 2 aliphatic heterocycles. The minimum Gasteiger partial charge on any atom is -0.472 e. The number of rotatable bonds is 8. The molecule has 194 valence electrons. The Bertz CT molecular complexity index is 1330. The third-order valence-corrected chi connectivity index (χ3v) is 8.16. The van der Waals surface area contributed by atoms with Crippen LogP contribution >= 0.6 is 50.9 Å². The molecule has 0 aliphatic carbocycles. The van der Waals surface area contributed by atoms with E-state index >= 15 is 0 Å². The van der Waals surface area contributed by atoms with Crippen LogP contribution in [0.2, 0.25) is 10.0 Å². The number of ether oxygens (including phenoxy) is 2. The average molecular weight is 627 g/mol. The third kappa shape index (κ3) is 6.06. The largest absolute Gasteiger partial charge is 0.472 e. The molecule has 3 aromatic rings. The smallest absolute Gasteiger partial charge is 0.274 e. The van der Waals surface area contributed by atoms with Gasteiger partial charge in [0.25, 0.3) is 11.8 Å². The van der Waals surface area contributed by atoms with Gasteiger partial charge in [0.05, 0.1) is 22.4 Å². The van der Waals surface area contributed by atoms with Crippen molar-refractivity contribution in [2.45, 2.75) is 25.0 Å². The Balaban J connectivity index is 1.44. The van der Waals surface area contributed by atoms with E-state index in [0.29, 0.717) is 27.7 Å². The quantitative estimate of drug-likeness (QED) is 0.363. The lowest BCUT2D eigenvalue weighted by atomic mass is 10.1. The summed E-state index contributed by atoms with van der Waals surface area (Å²) in [5.74, 6) is 1.32. The number of anilines is 1. The lowest BCUT2D eigenvalue weighted by Crippen LogP contribution is -2.32. The second kappa shape index (κ2) is 11.6. The summed E-state index contributed by atoms with van der Waals surface area (Å²) in [5.41, 5.74) is 0.600. The predicted molar refractivity (Wildman–Crippen MR) is 147 cm³/mol. The van der Waals surface area contributed by atoms with E-state index < -0.39 is 5.91 Å². The zero-order valence-corrected chi connectivity index (χ0v) is 23.3. The molecule has 0 bridgehead atoms. The molecule has 13 heteroatoms. The first-order valence-corrected chi connectivity index (χ1v) is 14.2. The molecular formula is C24H22BrCl2N5O4S. The second-order valence-corrected chi connectivity index (χ2v) is 11.2. The van der Waals surface area contributed by atoms with Crippen LogP contribution in [0.4, 0.5) is 5.69 Å². The second-order valence-electron chi connectivity index (χ2n) is 8.48. The van der Waals surface area contributed by atoms with Gasteiger partial charge in [0.1, 0.15) is 11.8 Å². The van der Waals surface area contributed by atoms with Crippen LogP contribution < -0.4 is 15.4 Å². The summed E-state index contributed by atoms with van der Waals surface area (Å²) in [7, 11) is 0.